The molecule has 2 fully saturated rings. The van der Waals surface area contributed by atoms with E-state index in [-0.39, 0.29) is 28.8 Å². The van der Waals surface area contributed by atoms with Gasteiger partial charge in [-0.3, -0.25) is 0 Å². The van der Waals surface area contributed by atoms with Crippen LogP contribution in [0.25, 0.3) is 11.3 Å². The van der Waals surface area contributed by atoms with Crippen molar-refractivity contribution in [2.24, 2.45) is 0 Å². The molecule has 0 amide bonds. The van der Waals surface area contributed by atoms with Crippen molar-refractivity contribution in [3.8, 4) is 11.3 Å². The van der Waals surface area contributed by atoms with Gasteiger partial charge in [-0.2, -0.15) is 0 Å². The Labute approximate surface area is 211 Å². The molecule has 2 aliphatic rings. The van der Waals surface area contributed by atoms with Gasteiger partial charge in [0, 0.05) is 18.9 Å². The van der Waals surface area contributed by atoms with Gasteiger partial charge in [-0.15, -0.1) is 10.2 Å². The van der Waals surface area contributed by atoms with E-state index in [0.717, 1.165) is 12.1 Å². The fourth-order valence-corrected chi connectivity index (χ4v) is 5.00. The molecule has 2 aromatic heterocycles. The van der Waals surface area contributed by atoms with Crippen LogP contribution >= 0.6 is 0 Å². The van der Waals surface area contributed by atoms with Gasteiger partial charge < -0.3 is 24.4 Å². The normalized spacial score (nSPS) is 27.3. The molecule has 11 nitrogen and oxygen atoms in total. The zero-order valence-electron chi connectivity index (χ0n) is 20.8. The van der Waals surface area contributed by atoms with E-state index in [4.69, 9.17) is 14.2 Å². The number of hydrogen-bond donors (Lipinski definition) is 2. The van der Waals surface area contributed by atoms with E-state index in [9.17, 15) is 19.0 Å². The molecule has 200 valence electrons. The first-order valence-electron chi connectivity index (χ1n) is 12.1. The van der Waals surface area contributed by atoms with Gasteiger partial charge in [-0.25, -0.2) is 18.1 Å². The van der Waals surface area contributed by atoms with Crippen molar-refractivity contribution in [1.82, 2.24) is 30.0 Å². The highest BCUT2D eigenvalue weighted by molar-refractivity contribution is 5.59. The van der Waals surface area contributed by atoms with Crippen molar-refractivity contribution in [1.29, 1.82) is 0 Å². The number of nitrogens with zero attached hydrogens (tertiary/aromatic N) is 6. The second-order valence-corrected chi connectivity index (χ2v) is 9.67. The van der Waals surface area contributed by atoms with Gasteiger partial charge in [0.05, 0.1) is 43.7 Å². The second kappa shape index (κ2) is 10.1. The molecule has 1 aromatic carbocycles. The number of aryl methyl sites for hydroxylation is 1. The van der Waals surface area contributed by atoms with Crippen molar-refractivity contribution in [2.75, 3.05) is 26.9 Å². The number of halogens is 2. The highest BCUT2D eigenvalue weighted by atomic mass is 19.2. The fraction of sp³-hybridized carbons (Fsp3) is 0.583. The van der Waals surface area contributed by atoms with E-state index in [1.54, 1.807) is 4.68 Å². The number of aliphatic hydroxyl groups is 2. The molecule has 3 aromatic rings. The first-order valence-corrected chi connectivity index (χ1v) is 12.1. The van der Waals surface area contributed by atoms with Gasteiger partial charge in [-0.05, 0) is 25.0 Å². The maximum absolute atomic E-state index is 14.6. The van der Waals surface area contributed by atoms with Crippen LogP contribution in [0.15, 0.2) is 24.5 Å². The molecule has 4 heterocycles. The average Bonchev–Trinajstić information content (AvgIpc) is 3.53. The molecule has 5 atom stereocenters. The Balaban J connectivity index is 1.43. The van der Waals surface area contributed by atoms with Gasteiger partial charge in [-0.1, -0.05) is 23.4 Å². The fourth-order valence-electron chi connectivity index (χ4n) is 5.00. The molecule has 0 unspecified atom stereocenters. The topological polar surface area (TPSA) is 130 Å². The lowest BCUT2D eigenvalue weighted by molar-refractivity contribution is -0.216. The Morgan fingerprint density at radius 3 is 2.57 bits per heavy atom. The molecular weight excluding hydrogens is 490 g/mol. The minimum atomic E-state index is -1.22. The lowest BCUT2D eigenvalue weighted by Gasteiger charge is -2.43. The third-order valence-electron chi connectivity index (χ3n) is 7.49. The summed E-state index contributed by atoms with van der Waals surface area (Å²) in [6.45, 7) is 4.49. The summed E-state index contributed by atoms with van der Waals surface area (Å²) in [6, 6.07) is 2.04. The van der Waals surface area contributed by atoms with Crippen LogP contribution in [0.2, 0.25) is 0 Å². The van der Waals surface area contributed by atoms with E-state index < -0.39 is 48.7 Å². The molecule has 2 saturated heterocycles. The predicted molar refractivity (Wildman–Crippen MR) is 125 cm³/mol. The average molecular weight is 521 g/mol. The summed E-state index contributed by atoms with van der Waals surface area (Å²) < 4.78 is 48.8. The standard InChI is InChI=1S/C24H30F2N6O5/c1-4-24(11-36-12-24)18-9-31(29-28-18)8-16-23(35-3)21(22(34)17(10-33)37-16)32-7-15(27-30-32)14-6-5-13(2)19(25)20(14)26/h5-7,9,16-17,21-23,33-34H,4,8,10-12H2,1-3H3/t16-,17-,21+,22+,23+/m1/s1. The molecule has 13 heteroatoms. The van der Waals surface area contributed by atoms with Crippen molar-refractivity contribution in [3.63, 3.8) is 0 Å². The number of benzene rings is 1. The van der Waals surface area contributed by atoms with Crippen LogP contribution in [0.3, 0.4) is 0 Å². The number of ether oxygens (including phenoxy) is 3. The molecule has 5 rings (SSSR count). The maximum atomic E-state index is 14.6. The van der Waals surface area contributed by atoms with Crippen molar-refractivity contribution in [3.05, 3.63) is 47.4 Å². The van der Waals surface area contributed by atoms with Crippen molar-refractivity contribution >= 4 is 0 Å². The van der Waals surface area contributed by atoms with E-state index >= 15 is 0 Å². The summed E-state index contributed by atoms with van der Waals surface area (Å²) in [4.78, 5) is 0. The van der Waals surface area contributed by atoms with Gasteiger partial charge in [0.1, 0.15) is 36.2 Å². The number of aliphatic hydroxyl groups excluding tert-OH is 2. The molecule has 2 aliphatic heterocycles. The van der Waals surface area contributed by atoms with E-state index in [2.05, 4.69) is 27.5 Å². The van der Waals surface area contributed by atoms with Gasteiger partial charge in [0.15, 0.2) is 11.6 Å². The Morgan fingerprint density at radius 2 is 1.92 bits per heavy atom. The third-order valence-corrected chi connectivity index (χ3v) is 7.49. The molecule has 0 spiro atoms. The van der Waals surface area contributed by atoms with Crippen LogP contribution in [-0.4, -0.2) is 91.5 Å². The quantitative estimate of drug-likeness (QED) is 0.450. The molecular formula is C24H30F2N6O5. The number of aromatic nitrogens is 6. The maximum Gasteiger partial charge on any atom is 0.168 e. The first kappa shape index (κ1) is 25.8. The van der Waals surface area contributed by atoms with Crippen LogP contribution < -0.4 is 0 Å². The second-order valence-electron chi connectivity index (χ2n) is 9.67. The summed E-state index contributed by atoms with van der Waals surface area (Å²) in [5.74, 6) is -1.99. The van der Waals surface area contributed by atoms with Gasteiger partial charge in [0.2, 0.25) is 0 Å². The summed E-state index contributed by atoms with van der Waals surface area (Å²) in [7, 11) is 1.47. The monoisotopic (exact) mass is 520 g/mol. The van der Waals surface area contributed by atoms with E-state index in [1.165, 1.54) is 37.0 Å². The SMILES string of the molecule is CCC1(c2cn(C[C@H]3O[C@H](CO)[C@H](O)[C@H](n4cc(-c5ccc(C)c(F)c5F)nn4)[C@H]3OC)nn2)COC1. The highest BCUT2D eigenvalue weighted by Crippen LogP contribution is 2.36. The van der Waals surface area contributed by atoms with Crippen LogP contribution in [0.5, 0.6) is 0 Å². The highest BCUT2D eigenvalue weighted by Gasteiger charge is 2.48. The predicted octanol–water partition coefficient (Wildman–Crippen LogP) is 1.18. The summed E-state index contributed by atoms with van der Waals surface area (Å²) in [6.07, 6.45) is 0.563. The Hall–Kier alpha value is -2.84. The zero-order chi connectivity index (χ0) is 26.3. The summed E-state index contributed by atoms with van der Waals surface area (Å²) in [5.41, 5.74) is 0.887. The molecule has 0 bridgehead atoms. The summed E-state index contributed by atoms with van der Waals surface area (Å²) >= 11 is 0. The minimum Gasteiger partial charge on any atom is -0.394 e. The molecule has 0 radical (unpaired) electrons. The van der Waals surface area contributed by atoms with Crippen LogP contribution in [-0.2, 0) is 26.2 Å². The van der Waals surface area contributed by atoms with Crippen LogP contribution in [0.4, 0.5) is 8.78 Å². The summed E-state index contributed by atoms with van der Waals surface area (Å²) in [5, 5.41) is 37.6. The molecule has 0 saturated carbocycles. The molecule has 37 heavy (non-hydrogen) atoms. The van der Waals surface area contributed by atoms with Crippen molar-refractivity contribution in [2.45, 2.75) is 62.7 Å². The zero-order valence-corrected chi connectivity index (χ0v) is 20.8. The third kappa shape index (κ3) is 4.44. The molecule has 2 N–H and O–H groups in total. The van der Waals surface area contributed by atoms with E-state index in [0.29, 0.717) is 13.2 Å². The number of methoxy groups -OCH3 is 1. The number of rotatable bonds is 8. The van der Waals surface area contributed by atoms with E-state index in [1.807, 2.05) is 6.20 Å². The largest absolute Gasteiger partial charge is 0.394 e. The smallest absolute Gasteiger partial charge is 0.168 e. The molecule has 0 aliphatic carbocycles. The minimum absolute atomic E-state index is 0.0555. The number of hydrogen-bond acceptors (Lipinski definition) is 9. The lowest BCUT2D eigenvalue weighted by Crippen LogP contribution is -2.57. The lowest BCUT2D eigenvalue weighted by atomic mass is 9.80. The first-order chi connectivity index (χ1) is 17.8. The Morgan fingerprint density at radius 1 is 1.14 bits per heavy atom. The van der Waals surface area contributed by atoms with Crippen molar-refractivity contribution < 1.29 is 33.2 Å². The Kier molecular flexibility index (Phi) is 7.07. The Bertz CT molecular complexity index is 1240. The van der Waals surface area contributed by atoms with Gasteiger partial charge >= 0.3 is 0 Å². The van der Waals surface area contributed by atoms with Crippen LogP contribution in [0.1, 0.15) is 30.6 Å². The van der Waals surface area contributed by atoms with Crippen LogP contribution in [0, 0.1) is 18.6 Å². The van der Waals surface area contributed by atoms with Gasteiger partial charge in [0.25, 0.3) is 0 Å².